The first kappa shape index (κ1) is 23.0. The predicted octanol–water partition coefficient (Wildman–Crippen LogP) is 2.55. The van der Waals surface area contributed by atoms with Crippen molar-refractivity contribution in [2.75, 3.05) is 6.54 Å². The molecule has 0 spiro atoms. The van der Waals surface area contributed by atoms with Gasteiger partial charge in [0.05, 0.1) is 36.1 Å². The number of rotatable bonds is 5. The zero-order valence-corrected chi connectivity index (χ0v) is 16.2. The van der Waals surface area contributed by atoms with Crippen LogP contribution >= 0.6 is 0 Å². The maximum Gasteiger partial charge on any atom is 0.416 e. The van der Waals surface area contributed by atoms with Crippen molar-refractivity contribution in [3.8, 4) is 18.4 Å². The number of aromatic nitrogens is 2. The SMILES string of the molecule is C#CCN(C(=O)c1cc(C#N)cc(C(F)(F)F)c1)C(C)C(N=CN)=Nc1ncccn1. The van der Waals surface area contributed by atoms with Crippen LogP contribution in [0.4, 0.5) is 19.1 Å². The Morgan fingerprint density at radius 1 is 1.35 bits per heavy atom. The number of carbonyl (C=O) groups excluding carboxylic acids is 1. The molecule has 8 nitrogen and oxygen atoms in total. The summed E-state index contributed by atoms with van der Waals surface area (Å²) in [6.45, 7) is 1.25. The highest BCUT2D eigenvalue weighted by molar-refractivity contribution is 6.01. The highest BCUT2D eigenvalue weighted by Gasteiger charge is 2.33. The average molecular weight is 427 g/mol. The van der Waals surface area contributed by atoms with E-state index in [0.717, 1.165) is 17.3 Å². The second-order valence-electron chi connectivity index (χ2n) is 6.02. The van der Waals surface area contributed by atoms with Gasteiger partial charge in [0.25, 0.3) is 11.9 Å². The van der Waals surface area contributed by atoms with Gasteiger partial charge >= 0.3 is 6.18 Å². The van der Waals surface area contributed by atoms with Crippen LogP contribution in [-0.2, 0) is 6.18 Å². The maximum absolute atomic E-state index is 13.2. The number of amidine groups is 1. The van der Waals surface area contributed by atoms with Crippen LogP contribution in [0.25, 0.3) is 0 Å². The summed E-state index contributed by atoms with van der Waals surface area (Å²) in [6.07, 6.45) is 4.44. The van der Waals surface area contributed by atoms with E-state index >= 15 is 0 Å². The van der Waals surface area contributed by atoms with Crippen LogP contribution < -0.4 is 5.73 Å². The lowest BCUT2D eigenvalue weighted by Gasteiger charge is -2.27. The van der Waals surface area contributed by atoms with Crippen molar-refractivity contribution < 1.29 is 18.0 Å². The molecule has 0 aliphatic rings. The topological polar surface area (TPSA) is 121 Å². The van der Waals surface area contributed by atoms with Gasteiger partial charge in [0.2, 0.25) is 0 Å². The molecule has 0 saturated carbocycles. The van der Waals surface area contributed by atoms with E-state index in [4.69, 9.17) is 17.4 Å². The maximum atomic E-state index is 13.2. The molecular weight excluding hydrogens is 411 g/mol. The predicted molar refractivity (Wildman–Crippen MR) is 107 cm³/mol. The number of amides is 1. The minimum Gasteiger partial charge on any atom is -0.390 e. The van der Waals surface area contributed by atoms with Crippen LogP contribution in [-0.4, -0.2) is 45.5 Å². The number of terminal acetylenes is 1. The Morgan fingerprint density at radius 3 is 2.58 bits per heavy atom. The van der Waals surface area contributed by atoms with Gasteiger partial charge in [-0.2, -0.15) is 23.4 Å². The van der Waals surface area contributed by atoms with Crippen molar-refractivity contribution in [2.45, 2.75) is 19.1 Å². The number of carbonyl (C=O) groups is 1. The van der Waals surface area contributed by atoms with Crippen molar-refractivity contribution in [3.05, 3.63) is 53.3 Å². The number of halogens is 3. The van der Waals surface area contributed by atoms with Crippen LogP contribution in [0.1, 0.15) is 28.4 Å². The highest BCUT2D eigenvalue weighted by Crippen LogP contribution is 2.31. The first-order valence-electron chi connectivity index (χ1n) is 8.68. The molecule has 31 heavy (non-hydrogen) atoms. The van der Waals surface area contributed by atoms with E-state index in [0.29, 0.717) is 12.1 Å². The Bertz CT molecular complexity index is 1080. The molecule has 2 aromatic rings. The molecule has 0 fully saturated rings. The van der Waals surface area contributed by atoms with E-state index in [9.17, 15) is 18.0 Å². The lowest BCUT2D eigenvalue weighted by atomic mass is 10.0. The molecule has 2 N–H and O–H groups in total. The molecule has 1 aromatic heterocycles. The van der Waals surface area contributed by atoms with Gasteiger partial charge < -0.3 is 10.6 Å². The van der Waals surface area contributed by atoms with Gasteiger partial charge in [-0.15, -0.1) is 6.42 Å². The lowest BCUT2D eigenvalue weighted by molar-refractivity contribution is -0.137. The number of hydrogen-bond acceptors (Lipinski definition) is 5. The average Bonchev–Trinajstić information content (AvgIpc) is 2.76. The van der Waals surface area contributed by atoms with Crippen molar-refractivity contribution in [2.24, 2.45) is 15.7 Å². The van der Waals surface area contributed by atoms with Crippen molar-refractivity contribution in [1.82, 2.24) is 14.9 Å². The van der Waals surface area contributed by atoms with E-state index in [1.165, 1.54) is 19.3 Å². The van der Waals surface area contributed by atoms with Crippen molar-refractivity contribution in [3.63, 3.8) is 0 Å². The monoisotopic (exact) mass is 427 g/mol. The molecule has 0 bridgehead atoms. The lowest BCUT2D eigenvalue weighted by Crippen LogP contribution is -2.43. The molecule has 1 atom stereocenters. The number of alkyl halides is 3. The van der Waals surface area contributed by atoms with E-state index in [2.05, 4.69) is 25.9 Å². The number of aliphatic imine (C=N–C) groups is 2. The minimum atomic E-state index is -4.74. The summed E-state index contributed by atoms with van der Waals surface area (Å²) < 4.78 is 39.6. The van der Waals surface area contributed by atoms with Crippen molar-refractivity contribution >= 4 is 24.0 Å². The van der Waals surface area contributed by atoms with Crippen LogP contribution in [0.5, 0.6) is 0 Å². The largest absolute Gasteiger partial charge is 0.416 e. The molecule has 1 aromatic carbocycles. The number of nitrogens with two attached hydrogens (primary N) is 1. The molecule has 2 rings (SSSR count). The summed E-state index contributed by atoms with van der Waals surface area (Å²) >= 11 is 0. The molecule has 1 unspecified atom stereocenters. The Balaban J connectivity index is 2.52. The van der Waals surface area contributed by atoms with Crippen LogP contribution in [0.15, 0.2) is 46.6 Å². The Morgan fingerprint density at radius 2 is 2.03 bits per heavy atom. The van der Waals surface area contributed by atoms with Crippen LogP contribution in [0.2, 0.25) is 0 Å². The fraction of sp³-hybridized carbons (Fsp3) is 0.200. The fourth-order valence-corrected chi connectivity index (χ4v) is 2.53. The van der Waals surface area contributed by atoms with Gasteiger partial charge in [-0.25, -0.2) is 15.0 Å². The van der Waals surface area contributed by atoms with Gasteiger partial charge in [-0.3, -0.25) is 4.79 Å². The van der Waals surface area contributed by atoms with E-state index in [-0.39, 0.29) is 29.5 Å². The number of nitriles is 1. The molecule has 158 valence electrons. The smallest absolute Gasteiger partial charge is 0.390 e. The van der Waals surface area contributed by atoms with Gasteiger partial charge in [0.1, 0.15) is 0 Å². The zero-order valence-electron chi connectivity index (χ0n) is 16.2. The first-order chi connectivity index (χ1) is 14.7. The summed E-state index contributed by atoms with van der Waals surface area (Å²) in [5, 5.41) is 9.07. The molecule has 1 heterocycles. The Kier molecular flexibility index (Phi) is 7.42. The first-order valence-corrected chi connectivity index (χ1v) is 8.68. The number of nitrogens with zero attached hydrogens (tertiary/aromatic N) is 6. The number of benzene rings is 1. The summed E-state index contributed by atoms with van der Waals surface area (Å²) in [7, 11) is 0. The molecule has 0 aliphatic heterocycles. The molecule has 0 saturated heterocycles. The van der Waals surface area contributed by atoms with E-state index in [1.54, 1.807) is 12.1 Å². The quantitative estimate of drug-likeness (QED) is 0.447. The molecular formula is C20H16F3N7O. The van der Waals surface area contributed by atoms with Crippen LogP contribution in [0.3, 0.4) is 0 Å². The molecule has 1 amide bonds. The Labute approximate surface area is 176 Å². The minimum absolute atomic E-state index is 0.00443. The third-order valence-corrected chi connectivity index (χ3v) is 3.97. The van der Waals surface area contributed by atoms with Gasteiger partial charge in [-0.05, 0) is 31.2 Å². The van der Waals surface area contributed by atoms with E-state index < -0.39 is 23.7 Å². The van der Waals surface area contributed by atoms with Gasteiger partial charge in [-0.1, -0.05) is 5.92 Å². The van der Waals surface area contributed by atoms with Crippen molar-refractivity contribution in [1.29, 1.82) is 5.26 Å². The second-order valence-corrected chi connectivity index (χ2v) is 6.02. The third kappa shape index (κ3) is 5.87. The summed E-state index contributed by atoms with van der Waals surface area (Å²) in [5.74, 6) is 1.48. The van der Waals surface area contributed by atoms with Gasteiger partial charge in [0, 0.05) is 18.0 Å². The molecule has 11 heteroatoms. The molecule has 0 radical (unpaired) electrons. The normalized spacial score (nSPS) is 12.8. The summed E-state index contributed by atoms with van der Waals surface area (Å²) in [4.78, 5) is 30.1. The zero-order chi connectivity index (χ0) is 23.0. The van der Waals surface area contributed by atoms with Crippen LogP contribution in [0, 0.1) is 23.7 Å². The fourth-order valence-electron chi connectivity index (χ4n) is 2.53. The highest BCUT2D eigenvalue weighted by atomic mass is 19.4. The summed E-state index contributed by atoms with van der Waals surface area (Å²) in [5.41, 5.74) is 3.56. The van der Waals surface area contributed by atoms with E-state index in [1.807, 2.05) is 0 Å². The standard InChI is InChI=1S/C20H16F3N7O/c1-3-7-30(13(2)17(28-12-25)29-19-26-5-4-6-27-19)18(31)15-8-14(11-24)9-16(10-15)20(21,22)23/h1,4-6,8-10,12-13H,7H2,2H3,(H2,25,26,27,28,29). The Hall–Kier alpha value is -4.25. The summed E-state index contributed by atoms with van der Waals surface area (Å²) in [6, 6.07) is 4.65. The van der Waals surface area contributed by atoms with Gasteiger partial charge in [0.15, 0.2) is 5.84 Å². The third-order valence-electron chi connectivity index (χ3n) is 3.97. The molecule has 0 aliphatic carbocycles. The number of hydrogen-bond donors (Lipinski definition) is 1. The second kappa shape index (κ2) is 9.98.